The predicted molar refractivity (Wildman–Crippen MR) is 80.6 cm³/mol. The van der Waals surface area contributed by atoms with Crippen LogP contribution in [0.2, 0.25) is 0 Å². The van der Waals surface area contributed by atoms with Crippen molar-refractivity contribution in [3.63, 3.8) is 0 Å². The molecule has 3 nitrogen and oxygen atoms in total. The van der Waals surface area contributed by atoms with E-state index < -0.39 is 12.8 Å². The maximum Gasteiger partial charge on any atom is 0.422 e. The summed E-state index contributed by atoms with van der Waals surface area (Å²) < 4.78 is 47.4. The maximum atomic E-state index is 12.4. The van der Waals surface area contributed by atoms with Gasteiger partial charge in [0.05, 0.1) is 0 Å². The van der Waals surface area contributed by atoms with Crippen molar-refractivity contribution in [1.29, 1.82) is 0 Å². The molecule has 1 heterocycles. The van der Waals surface area contributed by atoms with Gasteiger partial charge in [-0.3, -0.25) is 0 Å². The van der Waals surface area contributed by atoms with Crippen LogP contribution >= 0.6 is 0 Å². The molecule has 0 unspecified atom stereocenters. The van der Waals surface area contributed by atoms with Crippen molar-refractivity contribution in [3.8, 4) is 5.75 Å². The van der Waals surface area contributed by atoms with Crippen LogP contribution < -0.4 is 10.1 Å². The molecule has 128 valence electrons. The predicted octanol–water partition coefficient (Wildman–Crippen LogP) is 3.77. The van der Waals surface area contributed by atoms with E-state index in [1.54, 1.807) is 6.07 Å². The molecule has 23 heavy (non-hydrogen) atoms. The summed E-state index contributed by atoms with van der Waals surface area (Å²) in [7, 11) is 0. The third-order valence-electron chi connectivity index (χ3n) is 4.30. The molecule has 1 N–H and O–H groups in total. The summed E-state index contributed by atoms with van der Waals surface area (Å²) >= 11 is 0. The van der Waals surface area contributed by atoms with Gasteiger partial charge in [-0.25, -0.2) is 0 Å². The van der Waals surface area contributed by atoms with Crippen LogP contribution in [0.5, 0.6) is 5.75 Å². The minimum Gasteiger partial charge on any atom is -0.484 e. The Bertz CT molecular complexity index is 523. The number of hydrogen-bond acceptors (Lipinski definition) is 3. The Kier molecular flexibility index (Phi) is 5.11. The number of rotatable bonds is 6. The van der Waals surface area contributed by atoms with Crippen LogP contribution in [-0.4, -0.2) is 32.0 Å². The lowest BCUT2D eigenvalue weighted by Crippen LogP contribution is -2.34. The molecule has 6 heteroatoms. The molecule has 3 rings (SSSR count). The highest BCUT2D eigenvalue weighted by atomic mass is 19.4. The smallest absolute Gasteiger partial charge is 0.422 e. The van der Waals surface area contributed by atoms with Crippen LogP contribution in [-0.2, 0) is 11.3 Å². The highest BCUT2D eigenvalue weighted by molar-refractivity contribution is 5.42. The Morgan fingerprint density at radius 1 is 1.13 bits per heavy atom. The molecule has 0 aromatic heterocycles. The molecular formula is C17H22F3NO2. The molecular weight excluding hydrogens is 307 g/mol. The SMILES string of the molecule is FC(F)(F)COc1ccc(CNC2CCOCC2)cc1C1CC1. The second kappa shape index (κ2) is 7.09. The van der Waals surface area contributed by atoms with Crippen molar-refractivity contribution in [2.45, 2.75) is 50.4 Å². The Morgan fingerprint density at radius 2 is 1.87 bits per heavy atom. The van der Waals surface area contributed by atoms with Crippen molar-refractivity contribution < 1.29 is 22.6 Å². The summed E-state index contributed by atoms with van der Waals surface area (Å²) in [5.74, 6) is 0.723. The molecule has 0 spiro atoms. The van der Waals surface area contributed by atoms with Crippen molar-refractivity contribution in [2.24, 2.45) is 0 Å². The fraction of sp³-hybridized carbons (Fsp3) is 0.647. The van der Waals surface area contributed by atoms with Crippen molar-refractivity contribution >= 4 is 0 Å². The number of alkyl halides is 3. The second-order valence-electron chi connectivity index (χ2n) is 6.32. The molecule has 1 aliphatic heterocycles. The maximum absolute atomic E-state index is 12.4. The Balaban J connectivity index is 1.62. The van der Waals surface area contributed by atoms with Gasteiger partial charge in [-0.15, -0.1) is 0 Å². The highest BCUT2D eigenvalue weighted by Crippen LogP contribution is 2.44. The van der Waals surface area contributed by atoms with E-state index in [4.69, 9.17) is 9.47 Å². The first-order valence-corrected chi connectivity index (χ1v) is 8.15. The summed E-state index contributed by atoms with van der Waals surface area (Å²) in [5.41, 5.74) is 2.01. The Hall–Kier alpha value is -1.27. The van der Waals surface area contributed by atoms with Crippen molar-refractivity contribution in [2.75, 3.05) is 19.8 Å². The fourth-order valence-electron chi connectivity index (χ4n) is 2.88. The molecule has 2 aliphatic rings. The van der Waals surface area contributed by atoms with Crippen LogP contribution in [0, 0.1) is 0 Å². The van der Waals surface area contributed by atoms with Gasteiger partial charge in [0.25, 0.3) is 0 Å². The zero-order valence-corrected chi connectivity index (χ0v) is 13.0. The quantitative estimate of drug-likeness (QED) is 0.862. The number of ether oxygens (including phenoxy) is 2. The van der Waals surface area contributed by atoms with Gasteiger partial charge in [-0.05, 0) is 48.8 Å². The molecule has 1 aromatic rings. The third kappa shape index (κ3) is 5.11. The first kappa shape index (κ1) is 16.6. The Labute approximate surface area is 134 Å². The van der Waals surface area contributed by atoms with Crippen LogP contribution in [0.4, 0.5) is 13.2 Å². The molecule has 0 amide bonds. The summed E-state index contributed by atoms with van der Waals surface area (Å²) in [6, 6.07) is 5.98. The van der Waals surface area contributed by atoms with E-state index in [0.29, 0.717) is 17.7 Å². The van der Waals surface area contributed by atoms with Gasteiger partial charge in [0.1, 0.15) is 5.75 Å². The van der Waals surface area contributed by atoms with E-state index in [1.807, 2.05) is 12.1 Å². The summed E-state index contributed by atoms with van der Waals surface area (Å²) in [5, 5.41) is 3.50. The first-order chi connectivity index (χ1) is 11.0. The van der Waals surface area contributed by atoms with Gasteiger partial charge in [0.15, 0.2) is 6.61 Å². The fourth-order valence-corrected chi connectivity index (χ4v) is 2.88. The topological polar surface area (TPSA) is 30.5 Å². The second-order valence-corrected chi connectivity index (χ2v) is 6.32. The standard InChI is InChI=1S/C17H22F3NO2/c18-17(19,20)11-23-16-4-1-12(9-15(16)13-2-3-13)10-21-14-5-7-22-8-6-14/h1,4,9,13-14,21H,2-3,5-8,10-11H2. The van der Waals surface area contributed by atoms with E-state index in [0.717, 1.165) is 56.6 Å². The van der Waals surface area contributed by atoms with Gasteiger partial charge in [0.2, 0.25) is 0 Å². The van der Waals surface area contributed by atoms with E-state index in [1.165, 1.54) is 0 Å². The van der Waals surface area contributed by atoms with Crippen LogP contribution in [0.25, 0.3) is 0 Å². The Morgan fingerprint density at radius 3 is 2.52 bits per heavy atom. The lowest BCUT2D eigenvalue weighted by Gasteiger charge is -2.23. The highest BCUT2D eigenvalue weighted by Gasteiger charge is 2.31. The molecule has 1 saturated heterocycles. The van der Waals surface area contributed by atoms with E-state index in [-0.39, 0.29) is 0 Å². The minimum atomic E-state index is -4.30. The zero-order chi connectivity index (χ0) is 16.3. The van der Waals surface area contributed by atoms with Crippen LogP contribution in [0.1, 0.15) is 42.7 Å². The number of hydrogen-bond donors (Lipinski definition) is 1. The first-order valence-electron chi connectivity index (χ1n) is 8.15. The summed E-state index contributed by atoms with van der Waals surface area (Å²) in [4.78, 5) is 0. The molecule has 0 bridgehead atoms. The van der Waals surface area contributed by atoms with Crippen molar-refractivity contribution in [1.82, 2.24) is 5.32 Å². The van der Waals surface area contributed by atoms with E-state index in [9.17, 15) is 13.2 Å². The number of nitrogens with one attached hydrogen (secondary N) is 1. The summed E-state index contributed by atoms with van der Waals surface area (Å²) in [6.45, 7) is 1.07. The van der Waals surface area contributed by atoms with E-state index in [2.05, 4.69) is 5.32 Å². The van der Waals surface area contributed by atoms with Gasteiger partial charge in [-0.2, -0.15) is 13.2 Å². The number of benzene rings is 1. The van der Waals surface area contributed by atoms with Gasteiger partial charge < -0.3 is 14.8 Å². The lowest BCUT2D eigenvalue weighted by atomic mass is 10.0. The van der Waals surface area contributed by atoms with Crippen molar-refractivity contribution in [3.05, 3.63) is 29.3 Å². The van der Waals surface area contributed by atoms with Gasteiger partial charge >= 0.3 is 6.18 Å². The monoisotopic (exact) mass is 329 g/mol. The number of halogens is 3. The molecule has 2 fully saturated rings. The minimum absolute atomic E-state index is 0.348. The largest absolute Gasteiger partial charge is 0.484 e. The third-order valence-corrected chi connectivity index (χ3v) is 4.30. The molecule has 0 radical (unpaired) electrons. The lowest BCUT2D eigenvalue weighted by molar-refractivity contribution is -0.153. The molecule has 1 aromatic carbocycles. The molecule has 1 saturated carbocycles. The van der Waals surface area contributed by atoms with Gasteiger partial charge in [0, 0.05) is 25.8 Å². The van der Waals surface area contributed by atoms with Crippen LogP contribution in [0.15, 0.2) is 18.2 Å². The normalized spacial score (nSPS) is 19.8. The zero-order valence-electron chi connectivity index (χ0n) is 13.0. The average Bonchev–Trinajstić information content (AvgIpc) is 3.36. The summed E-state index contributed by atoms with van der Waals surface area (Å²) in [6.07, 6.45) is -0.243. The molecule has 1 aliphatic carbocycles. The van der Waals surface area contributed by atoms with E-state index >= 15 is 0 Å². The van der Waals surface area contributed by atoms with Crippen LogP contribution in [0.3, 0.4) is 0 Å². The molecule has 0 atom stereocenters. The van der Waals surface area contributed by atoms with Gasteiger partial charge in [-0.1, -0.05) is 12.1 Å². The average molecular weight is 329 g/mol.